The Kier molecular flexibility index (Phi) is 6.55. The number of aliphatic imine (C=N–C) groups is 1. The van der Waals surface area contributed by atoms with E-state index in [1.165, 1.54) is 37.9 Å². The summed E-state index contributed by atoms with van der Waals surface area (Å²) in [5, 5.41) is 0.733. The van der Waals surface area contributed by atoms with E-state index in [2.05, 4.69) is 0 Å². The summed E-state index contributed by atoms with van der Waals surface area (Å²) in [6.45, 7) is 4.98. The quantitative estimate of drug-likeness (QED) is 0.375. The van der Waals surface area contributed by atoms with Gasteiger partial charge in [0.25, 0.3) is 0 Å². The van der Waals surface area contributed by atoms with E-state index in [1.807, 2.05) is 18.7 Å². The van der Waals surface area contributed by atoms with Gasteiger partial charge in [0.1, 0.15) is 6.17 Å². The van der Waals surface area contributed by atoms with Crippen LogP contribution in [0.1, 0.15) is 70.4 Å². The highest BCUT2D eigenvalue weighted by Gasteiger charge is 2.52. The third-order valence-electron chi connectivity index (χ3n) is 8.29. The fourth-order valence-corrected chi connectivity index (χ4v) is 8.68. The van der Waals surface area contributed by atoms with Crippen molar-refractivity contribution in [2.75, 3.05) is 10.7 Å². The number of anilines is 1. The molecule has 1 aromatic rings. The van der Waals surface area contributed by atoms with Crippen LogP contribution in [0.15, 0.2) is 23.2 Å². The van der Waals surface area contributed by atoms with E-state index < -0.39 is 41.2 Å². The minimum absolute atomic E-state index is 0.0887. The van der Waals surface area contributed by atoms with E-state index in [4.69, 9.17) is 4.99 Å². The van der Waals surface area contributed by atoms with Gasteiger partial charge in [0.15, 0.2) is 5.17 Å². The summed E-state index contributed by atoms with van der Waals surface area (Å²) in [7, 11) is 0. The SMILES string of the molecule is CC(=O)N(c1cc(C(F)(F)F)cc(C(F)(F)F)c1)C1CSC(=NC23CC4CC(CC(C4)C2)C3)N1C(C)C. The first-order valence-corrected chi connectivity index (χ1v) is 13.7. The van der Waals surface area contributed by atoms with Crippen LogP contribution in [0.4, 0.5) is 32.0 Å². The number of hydrogen-bond acceptors (Lipinski definition) is 3. The zero-order chi connectivity index (χ0) is 26.9. The second-order valence-corrected chi connectivity index (χ2v) is 12.5. The molecule has 0 aromatic heterocycles. The third-order valence-corrected chi connectivity index (χ3v) is 9.31. The third kappa shape index (κ3) is 5.08. The van der Waals surface area contributed by atoms with Crippen LogP contribution in [-0.4, -0.2) is 39.5 Å². The Labute approximate surface area is 216 Å². The zero-order valence-electron chi connectivity index (χ0n) is 21.0. The number of amidine groups is 1. The van der Waals surface area contributed by atoms with Gasteiger partial charge in [0.2, 0.25) is 5.91 Å². The Morgan fingerprint density at radius 2 is 1.46 bits per heavy atom. The summed E-state index contributed by atoms with van der Waals surface area (Å²) < 4.78 is 81.3. The largest absolute Gasteiger partial charge is 0.416 e. The molecule has 0 spiro atoms. The first-order chi connectivity index (χ1) is 17.1. The molecule has 6 rings (SSSR count). The van der Waals surface area contributed by atoms with Crippen LogP contribution < -0.4 is 4.90 Å². The van der Waals surface area contributed by atoms with Gasteiger partial charge in [0, 0.05) is 24.4 Å². The number of amides is 1. The minimum atomic E-state index is -4.99. The van der Waals surface area contributed by atoms with Crippen molar-refractivity contribution in [1.82, 2.24) is 4.90 Å². The predicted molar refractivity (Wildman–Crippen MR) is 131 cm³/mol. The number of alkyl halides is 6. The van der Waals surface area contributed by atoms with Crippen LogP contribution in [0.2, 0.25) is 0 Å². The van der Waals surface area contributed by atoms with Crippen molar-refractivity contribution in [1.29, 1.82) is 0 Å². The first-order valence-electron chi connectivity index (χ1n) is 12.8. The maximum Gasteiger partial charge on any atom is 0.416 e. The molecule has 5 aliphatic rings. The molecule has 204 valence electrons. The topological polar surface area (TPSA) is 35.9 Å². The summed E-state index contributed by atoms with van der Waals surface area (Å²) in [5.74, 6) is 1.69. The van der Waals surface area contributed by atoms with Crippen LogP contribution in [0, 0.1) is 17.8 Å². The van der Waals surface area contributed by atoms with Crippen molar-refractivity contribution < 1.29 is 31.1 Å². The zero-order valence-corrected chi connectivity index (χ0v) is 21.8. The molecule has 0 N–H and O–H groups in total. The molecule has 0 radical (unpaired) electrons. The molecular weight excluding hydrogens is 516 g/mol. The van der Waals surface area contributed by atoms with E-state index in [0.717, 1.165) is 29.3 Å². The molecule has 1 amide bonds. The molecule has 37 heavy (non-hydrogen) atoms. The Morgan fingerprint density at radius 3 is 1.86 bits per heavy atom. The van der Waals surface area contributed by atoms with Crippen LogP contribution in [0.25, 0.3) is 0 Å². The summed E-state index contributed by atoms with van der Waals surface area (Å²) >= 11 is 1.43. The van der Waals surface area contributed by atoms with Crippen molar-refractivity contribution in [2.24, 2.45) is 22.7 Å². The maximum absolute atomic E-state index is 13.6. The molecule has 4 aliphatic carbocycles. The van der Waals surface area contributed by atoms with Crippen LogP contribution in [-0.2, 0) is 17.1 Å². The molecule has 11 heteroatoms. The maximum atomic E-state index is 13.6. The normalized spacial score (nSPS) is 32.6. The number of rotatable bonds is 4. The number of carbonyl (C=O) groups excluding carboxylic acids is 1. The molecule has 1 saturated heterocycles. The number of thioether (sulfide) groups is 1. The number of carbonyl (C=O) groups is 1. The number of nitrogens with zero attached hydrogens (tertiary/aromatic N) is 3. The number of benzene rings is 1. The van der Waals surface area contributed by atoms with E-state index in [9.17, 15) is 31.1 Å². The summed E-state index contributed by atoms with van der Waals surface area (Å²) in [5.41, 5.74) is -3.44. The van der Waals surface area contributed by atoms with Crippen molar-refractivity contribution in [3.8, 4) is 0 Å². The summed E-state index contributed by atoms with van der Waals surface area (Å²) in [4.78, 5) is 21.1. The van der Waals surface area contributed by atoms with Gasteiger partial charge < -0.3 is 4.90 Å². The molecule has 5 fully saturated rings. The molecule has 4 nitrogen and oxygen atoms in total. The summed E-state index contributed by atoms with van der Waals surface area (Å²) in [6.07, 6.45) is -3.90. The van der Waals surface area contributed by atoms with Crippen molar-refractivity contribution in [3.63, 3.8) is 0 Å². The molecule has 4 bridgehead atoms. The molecule has 1 unspecified atom stereocenters. The smallest absolute Gasteiger partial charge is 0.327 e. The van der Waals surface area contributed by atoms with E-state index in [1.54, 1.807) is 0 Å². The Bertz CT molecular complexity index is 1030. The van der Waals surface area contributed by atoms with Gasteiger partial charge in [-0.25, -0.2) is 0 Å². The van der Waals surface area contributed by atoms with E-state index >= 15 is 0 Å². The summed E-state index contributed by atoms with van der Waals surface area (Å²) in [6, 6.07) is 1.19. The first kappa shape index (κ1) is 26.7. The van der Waals surface area contributed by atoms with Gasteiger partial charge in [-0.3, -0.25) is 14.7 Å². The van der Waals surface area contributed by atoms with Gasteiger partial charge in [-0.05, 0) is 88.3 Å². The molecule has 1 aromatic carbocycles. The standard InChI is InChI=1S/C26H31F6N3OS/c1-14(2)34-22(13-37-23(34)33-24-10-16-4-17(11-24)6-18(5-16)12-24)35(15(3)36)21-8-19(25(27,28)29)7-20(9-21)26(30,31)32/h7-9,14,16-18,22H,4-6,10-13H2,1-3H3. The lowest BCUT2D eigenvalue weighted by atomic mass is 9.53. The Hall–Kier alpha value is -1.91. The molecule has 1 atom stereocenters. The highest BCUT2D eigenvalue weighted by Crippen LogP contribution is 2.57. The fourth-order valence-electron chi connectivity index (χ4n) is 7.33. The minimum Gasteiger partial charge on any atom is -0.327 e. The second kappa shape index (κ2) is 9.09. The van der Waals surface area contributed by atoms with Gasteiger partial charge in [-0.15, -0.1) is 0 Å². The monoisotopic (exact) mass is 547 g/mol. The lowest BCUT2D eigenvalue weighted by Gasteiger charge is -2.55. The van der Waals surface area contributed by atoms with Crippen LogP contribution in [0.3, 0.4) is 0 Å². The van der Waals surface area contributed by atoms with Crippen LogP contribution >= 0.6 is 11.8 Å². The lowest BCUT2D eigenvalue weighted by Crippen LogP contribution is -2.54. The predicted octanol–water partition coefficient (Wildman–Crippen LogP) is 7.19. The average molecular weight is 548 g/mol. The number of halogens is 6. The second-order valence-electron chi connectivity index (χ2n) is 11.5. The van der Waals surface area contributed by atoms with Gasteiger partial charge in [-0.2, -0.15) is 26.3 Å². The average Bonchev–Trinajstić information content (AvgIpc) is 3.13. The van der Waals surface area contributed by atoms with Crippen molar-refractivity contribution in [2.45, 2.75) is 89.4 Å². The van der Waals surface area contributed by atoms with Gasteiger partial charge in [-0.1, -0.05) is 11.8 Å². The number of hydrogen-bond donors (Lipinski definition) is 0. The molecule has 4 saturated carbocycles. The van der Waals surface area contributed by atoms with Crippen LogP contribution in [0.5, 0.6) is 0 Å². The Morgan fingerprint density at radius 1 is 0.973 bits per heavy atom. The van der Waals surface area contributed by atoms with Gasteiger partial charge in [0.05, 0.1) is 16.7 Å². The molecule has 1 heterocycles. The highest BCUT2D eigenvalue weighted by molar-refractivity contribution is 8.14. The van der Waals surface area contributed by atoms with E-state index in [-0.39, 0.29) is 17.6 Å². The Balaban J connectivity index is 1.53. The fraction of sp³-hybridized carbons (Fsp3) is 0.692. The van der Waals surface area contributed by atoms with E-state index in [0.29, 0.717) is 35.6 Å². The molecule has 1 aliphatic heterocycles. The highest BCUT2D eigenvalue weighted by atomic mass is 32.2. The molecular formula is C26H31F6N3OS. The van der Waals surface area contributed by atoms with Crippen molar-refractivity contribution in [3.05, 3.63) is 29.3 Å². The lowest BCUT2D eigenvalue weighted by molar-refractivity contribution is -0.143. The van der Waals surface area contributed by atoms with Crippen molar-refractivity contribution >= 4 is 28.5 Å². The van der Waals surface area contributed by atoms with Gasteiger partial charge >= 0.3 is 12.4 Å².